The van der Waals surface area contributed by atoms with Crippen LogP contribution in [0.1, 0.15) is 32.8 Å². The summed E-state index contributed by atoms with van der Waals surface area (Å²) in [4.78, 5) is 30.3. The largest absolute Gasteiger partial charge is 0.444 e. The highest BCUT2D eigenvalue weighted by atomic mass is 35.5. The number of pyridine rings is 1. The van der Waals surface area contributed by atoms with Gasteiger partial charge in [0.05, 0.1) is 17.3 Å². The normalized spacial score (nSPS) is 11.0. The molecule has 0 atom stereocenters. The first-order chi connectivity index (χ1) is 14.1. The van der Waals surface area contributed by atoms with Crippen molar-refractivity contribution < 1.29 is 14.3 Å². The Morgan fingerprint density at radius 3 is 2.63 bits per heavy atom. The maximum Gasteiger partial charge on any atom is 0.410 e. The molecular formula is C21H26Cl2N4O3. The molecule has 2 aromatic rings. The molecule has 0 saturated carbocycles. The lowest BCUT2D eigenvalue weighted by Gasteiger charge is -2.27. The van der Waals surface area contributed by atoms with Crippen LogP contribution in [0.15, 0.2) is 42.7 Å². The van der Waals surface area contributed by atoms with Crippen molar-refractivity contribution in [1.82, 2.24) is 15.2 Å². The minimum atomic E-state index is -0.599. The topological polar surface area (TPSA) is 83.6 Å². The zero-order valence-electron chi connectivity index (χ0n) is 17.2. The highest BCUT2D eigenvalue weighted by Crippen LogP contribution is 2.25. The Balaban J connectivity index is 1.87. The van der Waals surface area contributed by atoms with Crippen molar-refractivity contribution in [2.45, 2.75) is 39.3 Å². The van der Waals surface area contributed by atoms with E-state index in [9.17, 15) is 9.59 Å². The highest BCUT2D eigenvalue weighted by Gasteiger charge is 2.22. The van der Waals surface area contributed by atoms with Crippen LogP contribution in [0.2, 0.25) is 10.0 Å². The minimum Gasteiger partial charge on any atom is -0.444 e. The lowest BCUT2D eigenvalue weighted by atomic mass is 10.2. The number of carbonyl (C=O) groups excluding carboxylic acids is 2. The van der Waals surface area contributed by atoms with Gasteiger partial charge in [-0.05, 0) is 57.0 Å². The van der Waals surface area contributed by atoms with Gasteiger partial charge in [-0.25, -0.2) is 9.59 Å². The zero-order valence-corrected chi connectivity index (χ0v) is 18.8. The van der Waals surface area contributed by atoms with E-state index in [-0.39, 0.29) is 0 Å². The fourth-order valence-corrected chi connectivity index (χ4v) is 2.84. The van der Waals surface area contributed by atoms with Crippen LogP contribution in [0.5, 0.6) is 0 Å². The van der Waals surface area contributed by atoms with E-state index in [0.717, 1.165) is 5.56 Å². The molecule has 0 radical (unpaired) electrons. The Hall–Kier alpha value is -2.51. The molecule has 0 aliphatic carbocycles. The second-order valence-electron chi connectivity index (χ2n) is 7.62. The molecule has 0 bridgehead atoms. The molecule has 0 fully saturated rings. The van der Waals surface area contributed by atoms with Gasteiger partial charge in [0.15, 0.2) is 0 Å². The van der Waals surface area contributed by atoms with E-state index in [0.29, 0.717) is 41.8 Å². The summed E-state index contributed by atoms with van der Waals surface area (Å²) in [6, 6.07) is 8.12. The number of benzene rings is 1. The van der Waals surface area contributed by atoms with Crippen molar-refractivity contribution >= 4 is 41.0 Å². The number of amides is 3. The fourth-order valence-electron chi connectivity index (χ4n) is 2.51. The molecule has 0 spiro atoms. The molecule has 3 amide bonds. The molecule has 2 rings (SSSR count). The zero-order chi connectivity index (χ0) is 22.1. The van der Waals surface area contributed by atoms with E-state index >= 15 is 0 Å². The van der Waals surface area contributed by atoms with Gasteiger partial charge in [-0.2, -0.15) is 0 Å². The van der Waals surface area contributed by atoms with Gasteiger partial charge in [0.2, 0.25) is 0 Å². The number of ether oxygens (including phenoxy) is 1. The SMILES string of the molecule is CC(C)(C)OC(=O)N(CCCNC(=O)Nc1cc(Cl)ccc1Cl)Cc1cccnc1. The highest BCUT2D eigenvalue weighted by molar-refractivity contribution is 6.35. The molecule has 30 heavy (non-hydrogen) atoms. The quantitative estimate of drug-likeness (QED) is 0.555. The van der Waals surface area contributed by atoms with Crippen LogP contribution in [0.3, 0.4) is 0 Å². The number of nitrogens with one attached hydrogen (secondary N) is 2. The van der Waals surface area contributed by atoms with Crippen molar-refractivity contribution in [2.24, 2.45) is 0 Å². The Kier molecular flexibility index (Phi) is 8.74. The standard InChI is InChI=1S/C21H26Cl2N4O3/c1-21(2,3)30-20(29)27(14-15-6-4-9-24-13-15)11-5-10-25-19(28)26-18-12-16(22)7-8-17(18)23/h4,6-9,12-13H,5,10-11,14H2,1-3H3,(H2,25,26,28). The number of nitrogens with zero attached hydrogens (tertiary/aromatic N) is 2. The van der Waals surface area contributed by atoms with E-state index in [1.54, 1.807) is 35.5 Å². The molecule has 0 aliphatic rings. The van der Waals surface area contributed by atoms with E-state index in [4.69, 9.17) is 27.9 Å². The molecule has 7 nitrogen and oxygen atoms in total. The summed E-state index contributed by atoms with van der Waals surface area (Å²) in [5.74, 6) is 0. The second kappa shape index (κ2) is 11.0. The molecule has 2 N–H and O–H groups in total. The number of aromatic nitrogens is 1. The monoisotopic (exact) mass is 452 g/mol. The summed E-state index contributed by atoms with van der Waals surface area (Å²) in [6.07, 6.45) is 3.51. The third-order valence-corrected chi connectivity index (χ3v) is 4.38. The Labute approximate surface area is 186 Å². The maximum atomic E-state index is 12.6. The summed E-state index contributed by atoms with van der Waals surface area (Å²) in [5, 5.41) is 6.26. The fraction of sp³-hybridized carbons (Fsp3) is 0.381. The summed E-state index contributed by atoms with van der Waals surface area (Å²) < 4.78 is 5.49. The number of hydrogen-bond acceptors (Lipinski definition) is 4. The predicted octanol–water partition coefficient (Wildman–Crippen LogP) is 5.34. The number of rotatable bonds is 7. The van der Waals surface area contributed by atoms with Crippen LogP contribution >= 0.6 is 23.2 Å². The third-order valence-electron chi connectivity index (χ3n) is 3.81. The molecule has 1 heterocycles. The Bertz CT molecular complexity index is 857. The number of halogens is 2. The van der Waals surface area contributed by atoms with Crippen LogP contribution in [0, 0.1) is 0 Å². The second-order valence-corrected chi connectivity index (χ2v) is 8.47. The number of anilines is 1. The number of hydrogen-bond donors (Lipinski definition) is 2. The average Bonchev–Trinajstić information content (AvgIpc) is 2.66. The van der Waals surface area contributed by atoms with Crippen LogP contribution < -0.4 is 10.6 Å². The molecule has 162 valence electrons. The first kappa shape index (κ1) is 23.8. The summed E-state index contributed by atoms with van der Waals surface area (Å²) in [5.41, 5.74) is 0.719. The lowest BCUT2D eigenvalue weighted by Crippen LogP contribution is -2.38. The summed E-state index contributed by atoms with van der Waals surface area (Å²) in [7, 11) is 0. The molecule has 1 aromatic heterocycles. The minimum absolute atomic E-state index is 0.357. The van der Waals surface area contributed by atoms with Gasteiger partial charge in [0, 0.05) is 30.5 Å². The number of urea groups is 1. The smallest absolute Gasteiger partial charge is 0.410 e. The van der Waals surface area contributed by atoms with Crippen molar-refractivity contribution in [2.75, 3.05) is 18.4 Å². The molecule has 9 heteroatoms. The first-order valence-corrected chi connectivity index (χ1v) is 10.3. The molecule has 0 aliphatic heterocycles. The van der Waals surface area contributed by atoms with Gasteiger partial charge < -0.3 is 20.3 Å². The van der Waals surface area contributed by atoms with Gasteiger partial charge in [0.25, 0.3) is 0 Å². The predicted molar refractivity (Wildman–Crippen MR) is 119 cm³/mol. The Morgan fingerprint density at radius 2 is 1.97 bits per heavy atom. The van der Waals surface area contributed by atoms with Crippen LogP contribution in [0.4, 0.5) is 15.3 Å². The van der Waals surface area contributed by atoms with Gasteiger partial charge >= 0.3 is 12.1 Å². The van der Waals surface area contributed by atoms with Crippen molar-refractivity contribution in [1.29, 1.82) is 0 Å². The Morgan fingerprint density at radius 1 is 1.20 bits per heavy atom. The molecule has 0 unspecified atom stereocenters. The molecule has 0 saturated heterocycles. The van der Waals surface area contributed by atoms with Gasteiger partial charge in [-0.3, -0.25) is 4.98 Å². The maximum absolute atomic E-state index is 12.6. The molecule has 1 aromatic carbocycles. The lowest BCUT2D eigenvalue weighted by molar-refractivity contribution is 0.0232. The van der Waals surface area contributed by atoms with Crippen molar-refractivity contribution in [3.63, 3.8) is 0 Å². The molecular weight excluding hydrogens is 427 g/mol. The van der Waals surface area contributed by atoms with Crippen molar-refractivity contribution in [3.8, 4) is 0 Å². The van der Waals surface area contributed by atoms with E-state index in [1.807, 2.05) is 32.9 Å². The van der Waals surface area contributed by atoms with Gasteiger partial charge in [-0.1, -0.05) is 29.3 Å². The average molecular weight is 453 g/mol. The third kappa shape index (κ3) is 8.47. The number of carbonyl (C=O) groups is 2. The van der Waals surface area contributed by atoms with Crippen LogP contribution in [-0.2, 0) is 11.3 Å². The summed E-state index contributed by atoms with van der Waals surface area (Å²) in [6.45, 7) is 6.59. The van der Waals surface area contributed by atoms with Crippen LogP contribution in [-0.4, -0.2) is 40.7 Å². The van der Waals surface area contributed by atoms with Gasteiger partial charge in [0.1, 0.15) is 5.60 Å². The first-order valence-electron chi connectivity index (χ1n) is 9.51. The van der Waals surface area contributed by atoms with Crippen molar-refractivity contribution in [3.05, 3.63) is 58.3 Å². The van der Waals surface area contributed by atoms with Crippen LogP contribution in [0.25, 0.3) is 0 Å². The van der Waals surface area contributed by atoms with E-state index in [1.165, 1.54) is 0 Å². The van der Waals surface area contributed by atoms with Gasteiger partial charge in [-0.15, -0.1) is 0 Å². The van der Waals surface area contributed by atoms with E-state index in [2.05, 4.69) is 15.6 Å². The van der Waals surface area contributed by atoms with E-state index < -0.39 is 17.7 Å². The summed E-state index contributed by atoms with van der Waals surface area (Å²) >= 11 is 12.0.